The summed E-state index contributed by atoms with van der Waals surface area (Å²) in [5.74, 6) is 0.0339. The number of aryl methyl sites for hydroxylation is 1. The Morgan fingerprint density at radius 1 is 1.22 bits per heavy atom. The second-order valence-corrected chi connectivity index (χ2v) is 7.69. The molecular formula is C24H23FN4O3. The van der Waals surface area contributed by atoms with Crippen molar-refractivity contribution in [3.05, 3.63) is 88.8 Å². The highest BCUT2D eigenvalue weighted by molar-refractivity contribution is 5.95. The Labute approximate surface area is 185 Å². The lowest BCUT2D eigenvalue weighted by molar-refractivity contribution is 0.0728. The van der Waals surface area contributed by atoms with Crippen LogP contribution in [0.4, 0.5) is 4.39 Å². The molecule has 4 rings (SSSR count). The van der Waals surface area contributed by atoms with Crippen LogP contribution < -0.4 is 10.5 Å². The average molecular weight is 434 g/mol. The molecule has 1 saturated heterocycles. The number of carbonyl (C=O) groups excluding carboxylic acids is 2. The average Bonchev–Trinajstić information content (AvgIpc) is 3.28. The van der Waals surface area contributed by atoms with E-state index in [1.165, 1.54) is 18.3 Å². The Balaban J connectivity index is 1.49. The van der Waals surface area contributed by atoms with Crippen molar-refractivity contribution in [2.24, 2.45) is 5.73 Å². The summed E-state index contributed by atoms with van der Waals surface area (Å²) in [6.45, 7) is 2.56. The van der Waals surface area contributed by atoms with E-state index in [2.05, 4.69) is 9.97 Å². The Morgan fingerprint density at radius 3 is 2.72 bits per heavy atom. The second-order valence-electron chi connectivity index (χ2n) is 7.69. The molecule has 0 saturated carbocycles. The molecule has 1 atom stereocenters. The van der Waals surface area contributed by atoms with Crippen LogP contribution in [0, 0.1) is 12.7 Å². The minimum atomic E-state index is -0.578. The van der Waals surface area contributed by atoms with Gasteiger partial charge in [-0.2, -0.15) is 0 Å². The molecule has 1 aliphatic rings. The number of nitrogens with zero attached hydrogens (tertiary/aromatic N) is 3. The van der Waals surface area contributed by atoms with Gasteiger partial charge in [0.05, 0.1) is 17.3 Å². The van der Waals surface area contributed by atoms with E-state index in [-0.39, 0.29) is 29.9 Å². The SMILES string of the molecule is Cc1nc(C2CCCN2C(=O)c2cccc(OCc3ccc(F)cc3)c2)ncc1C(N)=O. The third-order valence-electron chi connectivity index (χ3n) is 5.47. The van der Waals surface area contributed by atoms with Crippen molar-refractivity contribution < 1.29 is 18.7 Å². The van der Waals surface area contributed by atoms with Crippen LogP contribution in [-0.4, -0.2) is 33.2 Å². The Morgan fingerprint density at radius 2 is 2.00 bits per heavy atom. The standard InChI is InChI=1S/C24H23FN4O3/c1-15-20(22(26)30)13-27-23(28-15)21-6-3-11-29(21)24(31)17-4-2-5-19(12-17)32-14-16-7-9-18(25)10-8-16/h2,4-5,7-10,12-13,21H,3,6,11,14H2,1H3,(H2,26,30). The summed E-state index contributed by atoms with van der Waals surface area (Å²) in [5.41, 5.74) is 7.44. The maximum absolute atomic E-state index is 13.3. The van der Waals surface area contributed by atoms with Gasteiger partial charge in [-0.1, -0.05) is 18.2 Å². The van der Waals surface area contributed by atoms with Crippen molar-refractivity contribution >= 4 is 11.8 Å². The smallest absolute Gasteiger partial charge is 0.254 e. The van der Waals surface area contributed by atoms with Gasteiger partial charge in [0.1, 0.15) is 18.2 Å². The molecule has 3 aromatic rings. The van der Waals surface area contributed by atoms with Gasteiger partial charge in [0.25, 0.3) is 11.8 Å². The van der Waals surface area contributed by atoms with Crippen LogP contribution in [0.25, 0.3) is 0 Å². The zero-order valence-electron chi connectivity index (χ0n) is 17.6. The second kappa shape index (κ2) is 9.13. The van der Waals surface area contributed by atoms with E-state index >= 15 is 0 Å². The minimum Gasteiger partial charge on any atom is -0.489 e. The van der Waals surface area contributed by atoms with Gasteiger partial charge in [0.2, 0.25) is 0 Å². The quantitative estimate of drug-likeness (QED) is 0.639. The summed E-state index contributed by atoms with van der Waals surface area (Å²) in [4.78, 5) is 35.2. The zero-order valence-corrected chi connectivity index (χ0v) is 17.6. The number of primary amides is 1. The maximum atomic E-state index is 13.3. The van der Waals surface area contributed by atoms with E-state index in [4.69, 9.17) is 10.5 Å². The minimum absolute atomic E-state index is 0.139. The summed E-state index contributed by atoms with van der Waals surface area (Å²) in [6, 6.07) is 12.8. The lowest BCUT2D eigenvalue weighted by Gasteiger charge is -2.24. The number of rotatable bonds is 6. The van der Waals surface area contributed by atoms with Crippen molar-refractivity contribution in [3.63, 3.8) is 0 Å². The number of likely N-dealkylation sites (tertiary alicyclic amines) is 1. The van der Waals surface area contributed by atoms with Crippen molar-refractivity contribution in [3.8, 4) is 5.75 Å². The zero-order chi connectivity index (χ0) is 22.7. The fourth-order valence-electron chi connectivity index (χ4n) is 3.80. The summed E-state index contributed by atoms with van der Waals surface area (Å²) < 4.78 is 18.8. The largest absolute Gasteiger partial charge is 0.489 e. The van der Waals surface area contributed by atoms with Gasteiger partial charge in [0, 0.05) is 18.3 Å². The number of carbonyl (C=O) groups is 2. The molecule has 1 aromatic heterocycles. The highest BCUT2D eigenvalue weighted by Gasteiger charge is 2.33. The van der Waals surface area contributed by atoms with Gasteiger partial charge < -0.3 is 15.4 Å². The number of hydrogen-bond donors (Lipinski definition) is 1. The van der Waals surface area contributed by atoms with Crippen LogP contribution >= 0.6 is 0 Å². The fourth-order valence-corrected chi connectivity index (χ4v) is 3.80. The van der Waals surface area contributed by atoms with Crippen LogP contribution in [0.3, 0.4) is 0 Å². The molecule has 7 nitrogen and oxygen atoms in total. The summed E-state index contributed by atoms with van der Waals surface area (Å²) in [6.07, 6.45) is 2.99. The lowest BCUT2D eigenvalue weighted by Crippen LogP contribution is -2.31. The first-order valence-corrected chi connectivity index (χ1v) is 10.3. The number of aromatic nitrogens is 2. The van der Waals surface area contributed by atoms with Gasteiger partial charge in [-0.05, 0) is 55.7 Å². The Kier molecular flexibility index (Phi) is 6.11. The van der Waals surface area contributed by atoms with Crippen LogP contribution in [0.1, 0.15) is 56.7 Å². The predicted molar refractivity (Wildman–Crippen MR) is 115 cm³/mol. The molecule has 0 aliphatic carbocycles. The van der Waals surface area contributed by atoms with E-state index in [0.717, 1.165) is 18.4 Å². The molecule has 0 bridgehead atoms. The molecular weight excluding hydrogens is 411 g/mol. The highest BCUT2D eigenvalue weighted by atomic mass is 19.1. The van der Waals surface area contributed by atoms with E-state index in [9.17, 15) is 14.0 Å². The predicted octanol–water partition coefficient (Wildman–Crippen LogP) is 3.58. The van der Waals surface area contributed by atoms with E-state index in [1.54, 1.807) is 48.2 Å². The molecule has 164 valence electrons. The van der Waals surface area contributed by atoms with Gasteiger partial charge in [-0.15, -0.1) is 0 Å². The molecule has 8 heteroatoms. The van der Waals surface area contributed by atoms with Gasteiger partial charge in [0.15, 0.2) is 5.82 Å². The first-order chi connectivity index (χ1) is 15.4. The normalized spacial score (nSPS) is 15.6. The van der Waals surface area contributed by atoms with Gasteiger partial charge in [-0.25, -0.2) is 14.4 Å². The number of benzene rings is 2. The van der Waals surface area contributed by atoms with Crippen molar-refractivity contribution in [1.82, 2.24) is 14.9 Å². The van der Waals surface area contributed by atoms with Crippen LogP contribution in [0.2, 0.25) is 0 Å². The van der Waals surface area contributed by atoms with Crippen LogP contribution in [0.5, 0.6) is 5.75 Å². The third kappa shape index (κ3) is 4.59. The van der Waals surface area contributed by atoms with Gasteiger partial charge in [-0.3, -0.25) is 9.59 Å². The molecule has 0 radical (unpaired) electrons. The number of hydrogen-bond acceptors (Lipinski definition) is 5. The molecule has 0 spiro atoms. The Bertz CT molecular complexity index is 1150. The monoisotopic (exact) mass is 434 g/mol. The molecule has 2 N–H and O–H groups in total. The third-order valence-corrected chi connectivity index (χ3v) is 5.47. The molecule has 2 heterocycles. The first kappa shape index (κ1) is 21.4. The fraction of sp³-hybridized carbons (Fsp3) is 0.250. The molecule has 32 heavy (non-hydrogen) atoms. The highest BCUT2D eigenvalue weighted by Crippen LogP contribution is 2.32. The van der Waals surface area contributed by atoms with E-state index in [0.29, 0.717) is 29.4 Å². The summed E-state index contributed by atoms with van der Waals surface area (Å²) in [7, 11) is 0. The van der Waals surface area contributed by atoms with Gasteiger partial charge >= 0.3 is 0 Å². The lowest BCUT2D eigenvalue weighted by atomic mass is 10.1. The van der Waals surface area contributed by atoms with E-state index < -0.39 is 5.91 Å². The number of ether oxygens (including phenoxy) is 1. The Hall–Kier alpha value is -3.81. The van der Waals surface area contributed by atoms with E-state index in [1.807, 2.05) is 0 Å². The molecule has 2 amide bonds. The molecule has 1 unspecified atom stereocenters. The van der Waals surface area contributed by atoms with Crippen molar-refractivity contribution in [2.75, 3.05) is 6.54 Å². The topological polar surface area (TPSA) is 98.4 Å². The van der Waals surface area contributed by atoms with Crippen LogP contribution in [-0.2, 0) is 6.61 Å². The number of halogens is 1. The molecule has 2 aromatic carbocycles. The first-order valence-electron chi connectivity index (χ1n) is 10.3. The summed E-state index contributed by atoms with van der Waals surface area (Å²) in [5, 5.41) is 0. The summed E-state index contributed by atoms with van der Waals surface area (Å²) >= 11 is 0. The van der Waals surface area contributed by atoms with Crippen molar-refractivity contribution in [2.45, 2.75) is 32.4 Å². The number of amides is 2. The van der Waals surface area contributed by atoms with Crippen molar-refractivity contribution in [1.29, 1.82) is 0 Å². The maximum Gasteiger partial charge on any atom is 0.254 e. The number of nitrogens with two attached hydrogens (primary N) is 1. The molecule has 1 fully saturated rings. The van der Waals surface area contributed by atoms with Crippen LogP contribution in [0.15, 0.2) is 54.7 Å². The molecule has 1 aliphatic heterocycles.